The third kappa shape index (κ3) is 3.96. The number of halogens is 2. The fourth-order valence-electron chi connectivity index (χ4n) is 1.60. The van der Waals surface area contributed by atoms with Gasteiger partial charge < -0.3 is 11.1 Å². The maximum atomic E-state index is 12.0. The maximum Gasteiger partial charge on any atom is 0.252 e. The van der Waals surface area contributed by atoms with Crippen molar-refractivity contribution in [2.75, 3.05) is 12.3 Å². The molecule has 2 rings (SSSR count). The van der Waals surface area contributed by atoms with Gasteiger partial charge in [0.25, 0.3) is 5.91 Å². The van der Waals surface area contributed by atoms with Crippen LogP contribution < -0.4 is 11.1 Å². The Kier molecular flexibility index (Phi) is 4.85. The van der Waals surface area contributed by atoms with E-state index in [4.69, 9.17) is 17.3 Å². The summed E-state index contributed by atoms with van der Waals surface area (Å²) >= 11 is 10.7. The molecule has 2 aromatic rings. The average Bonchev–Trinajstić information content (AvgIpc) is 2.78. The lowest BCUT2D eigenvalue weighted by atomic mass is 10.2. The molecule has 3 N–H and O–H groups in total. The highest BCUT2D eigenvalue weighted by Crippen LogP contribution is 2.22. The molecule has 0 bridgehead atoms. The van der Waals surface area contributed by atoms with E-state index in [2.05, 4.69) is 21.2 Å². The highest BCUT2D eigenvalue weighted by atomic mass is 79.9. The molecule has 0 aliphatic carbocycles. The van der Waals surface area contributed by atoms with E-state index in [1.54, 1.807) is 18.2 Å². The molecular formula is C13H12BrClN2OS. The van der Waals surface area contributed by atoms with Crippen molar-refractivity contribution in [2.45, 2.75) is 6.42 Å². The van der Waals surface area contributed by atoms with Crippen molar-refractivity contribution >= 4 is 50.5 Å². The molecule has 0 fully saturated rings. The molecule has 0 atom stereocenters. The van der Waals surface area contributed by atoms with E-state index < -0.39 is 0 Å². The van der Waals surface area contributed by atoms with Crippen LogP contribution in [0.25, 0.3) is 0 Å². The Bertz CT molecular complexity index is 600. The van der Waals surface area contributed by atoms with Crippen molar-refractivity contribution in [3.8, 4) is 0 Å². The molecular weight excluding hydrogens is 348 g/mol. The molecule has 1 amide bonds. The summed E-state index contributed by atoms with van der Waals surface area (Å²) in [5, 5.41) is 2.86. The molecule has 1 heterocycles. The van der Waals surface area contributed by atoms with Crippen molar-refractivity contribution in [1.82, 2.24) is 5.32 Å². The van der Waals surface area contributed by atoms with Gasteiger partial charge >= 0.3 is 0 Å². The molecule has 0 aliphatic rings. The van der Waals surface area contributed by atoms with Crippen molar-refractivity contribution in [3.05, 3.63) is 49.6 Å². The van der Waals surface area contributed by atoms with E-state index >= 15 is 0 Å². The first-order chi connectivity index (χ1) is 9.06. The number of hydrogen-bond donors (Lipinski definition) is 2. The number of amides is 1. The average molecular weight is 360 g/mol. The maximum absolute atomic E-state index is 12.0. The van der Waals surface area contributed by atoms with Gasteiger partial charge in [-0.3, -0.25) is 4.79 Å². The number of anilines is 1. The van der Waals surface area contributed by atoms with Gasteiger partial charge in [0.1, 0.15) is 0 Å². The first-order valence-electron chi connectivity index (χ1n) is 5.63. The lowest BCUT2D eigenvalue weighted by Gasteiger charge is -2.07. The van der Waals surface area contributed by atoms with Gasteiger partial charge in [0, 0.05) is 21.6 Å². The largest absolute Gasteiger partial charge is 0.399 e. The second-order valence-electron chi connectivity index (χ2n) is 3.95. The topological polar surface area (TPSA) is 55.1 Å². The molecule has 3 nitrogen and oxygen atoms in total. The molecule has 1 aromatic carbocycles. The molecule has 0 saturated heterocycles. The van der Waals surface area contributed by atoms with Crippen LogP contribution in [0.1, 0.15) is 15.2 Å². The standard InChI is InChI=1S/C13H12BrClN2OS/c14-11-3-1-8(16)7-10(11)13(18)17-6-5-9-2-4-12(15)19-9/h1-4,7H,5-6,16H2,(H,17,18). The van der Waals surface area contributed by atoms with Crippen LogP contribution in [0.3, 0.4) is 0 Å². The van der Waals surface area contributed by atoms with Crippen LogP contribution in [0.5, 0.6) is 0 Å². The molecule has 6 heteroatoms. The number of hydrogen-bond acceptors (Lipinski definition) is 3. The van der Waals surface area contributed by atoms with Gasteiger partial charge in [0.2, 0.25) is 0 Å². The Labute approximate surface area is 128 Å². The smallest absolute Gasteiger partial charge is 0.252 e. The Morgan fingerprint density at radius 2 is 2.16 bits per heavy atom. The van der Waals surface area contributed by atoms with E-state index in [0.717, 1.165) is 20.1 Å². The predicted molar refractivity (Wildman–Crippen MR) is 83.9 cm³/mol. The third-order valence-electron chi connectivity index (χ3n) is 2.52. The van der Waals surface area contributed by atoms with Crippen molar-refractivity contribution in [1.29, 1.82) is 0 Å². The molecule has 0 unspecified atom stereocenters. The van der Waals surface area contributed by atoms with Crippen LogP contribution >= 0.6 is 38.9 Å². The second-order valence-corrected chi connectivity index (χ2v) is 6.60. The molecule has 19 heavy (non-hydrogen) atoms. The first-order valence-corrected chi connectivity index (χ1v) is 7.62. The number of rotatable bonds is 4. The Hall–Kier alpha value is -1.04. The summed E-state index contributed by atoms with van der Waals surface area (Å²) in [6, 6.07) is 8.99. The normalized spacial score (nSPS) is 10.4. The first kappa shape index (κ1) is 14.4. The van der Waals surface area contributed by atoms with Crippen LogP contribution in [0, 0.1) is 0 Å². The zero-order valence-electron chi connectivity index (χ0n) is 9.95. The Balaban J connectivity index is 1.92. The Morgan fingerprint density at radius 1 is 1.37 bits per heavy atom. The molecule has 1 aromatic heterocycles. The number of nitrogen functional groups attached to an aromatic ring is 1. The summed E-state index contributed by atoms with van der Waals surface area (Å²) in [5.74, 6) is -0.137. The number of carbonyl (C=O) groups is 1. The van der Waals surface area contributed by atoms with Gasteiger partial charge in [-0.15, -0.1) is 11.3 Å². The minimum atomic E-state index is -0.137. The summed E-state index contributed by atoms with van der Waals surface area (Å²) in [6.45, 7) is 0.566. The number of nitrogens with two attached hydrogens (primary N) is 1. The summed E-state index contributed by atoms with van der Waals surface area (Å²) in [6.07, 6.45) is 0.767. The van der Waals surface area contributed by atoms with Crippen molar-refractivity contribution in [2.24, 2.45) is 0 Å². The number of benzene rings is 1. The van der Waals surface area contributed by atoms with E-state index in [1.807, 2.05) is 12.1 Å². The van der Waals surface area contributed by atoms with Gasteiger partial charge in [0.15, 0.2) is 0 Å². The fourth-order valence-corrected chi connectivity index (χ4v) is 3.11. The van der Waals surface area contributed by atoms with E-state index in [9.17, 15) is 4.79 Å². The van der Waals surface area contributed by atoms with Gasteiger partial charge in [-0.2, -0.15) is 0 Å². The van der Waals surface area contributed by atoms with Gasteiger partial charge in [-0.25, -0.2) is 0 Å². The summed E-state index contributed by atoms with van der Waals surface area (Å²) in [5.41, 5.74) is 6.79. The van der Waals surface area contributed by atoms with Gasteiger partial charge in [-0.05, 0) is 52.7 Å². The SMILES string of the molecule is Nc1ccc(Br)c(C(=O)NCCc2ccc(Cl)s2)c1. The lowest BCUT2D eigenvalue weighted by Crippen LogP contribution is -2.25. The number of thiophene rings is 1. The predicted octanol–water partition coefficient (Wildman–Crippen LogP) is 3.72. The highest BCUT2D eigenvalue weighted by Gasteiger charge is 2.10. The zero-order chi connectivity index (χ0) is 13.8. The number of carbonyl (C=O) groups excluding carboxylic acids is 1. The molecule has 0 aliphatic heterocycles. The molecule has 0 saturated carbocycles. The minimum absolute atomic E-state index is 0.137. The monoisotopic (exact) mass is 358 g/mol. The lowest BCUT2D eigenvalue weighted by molar-refractivity contribution is 0.0953. The molecule has 100 valence electrons. The summed E-state index contributed by atoms with van der Waals surface area (Å²) in [7, 11) is 0. The van der Waals surface area contributed by atoms with Crippen LogP contribution in [-0.4, -0.2) is 12.5 Å². The van der Waals surface area contributed by atoms with Gasteiger partial charge in [-0.1, -0.05) is 11.6 Å². The molecule has 0 radical (unpaired) electrons. The van der Waals surface area contributed by atoms with Crippen LogP contribution in [0.4, 0.5) is 5.69 Å². The number of nitrogens with one attached hydrogen (secondary N) is 1. The third-order valence-corrected chi connectivity index (χ3v) is 4.50. The molecule has 0 spiro atoms. The highest BCUT2D eigenvalue weighted by molar-refractivity contribution is 9.10. The minimum Gasteiger partial charge on any atom is -0.399 e. The quantitative estimate of drug-likeness (QED) is 0.818. The van der Waals surface area contributed by atoms with Crippen molar-refractivity contribution < 1.29 is 4.79 Å². The van der Waals surface area contributed by atoms with E-state index in [-0.39, 0.29) is 5.91 Å². The van der Waals surface area contributed by atoms with E-state index in [0.29, 0.717) is 17.8 Å². The second kappa shape index (κ2) is 6.41. The fraction of sp³-hybridized carbons (Fsp3) is 0.154. The van der Waals surface area contributed by atoms with Crippen molar-refractivity contribution in [3.63, 3.8) is 0 Å². The van der Waals surface area contributed by atoms with Crippen LogP contribution in [-0.2, 0) is 6.42 Å². The van der Waals surface area contributed by atoms with Crippen LogP contribution in [0.15, 0.2) is 34.8 Å². The summed E-state index contributed by atoms with van der Waals surface area (Å²) < 4.78 is 1.50. The summed E-state index contributed by atoms with van der Waals surface area (Å²) in [4.78, 5) is 13.1. The van der Waals surface area contributed by atoms with Gasteiger partial charge in [0.05, 0.1) is 9.90 Å². The van der Waals surface area contributed by atoms with Crippen LogP contribution in [0.2, 0.25) is 4.34 Å². The van der Waals surface area contributed by atoms with E-state index in [1.165, 1.54) is 11.3 Å². The Morgan fingerprint density at radius 3 is 2.84 bits per heavy atom. The zero-order valence-corrected chi connectivity index (χ0v) is 13.1.